The van der Waals surface area contributed by atoms with Crippen LogP contribution in [0.25, 0.3) is 10.2 Å². The van der Waals surface area contributed by atoms with Gasteiger partial charge in [-0.15, -0.1) is 0 Å². The van der Waals surface area contributed by atoms with E-state index in [1.807, 2.05) is 0 Å². The van der Waals surface area contributed by atoms with Gasteiger partial charge in [-0.3, -0.25) is 4.79 Å². The molecule has 0 aliphatic rings. The molecule has 0 spiro atoms. The van der Waals surface area contributed by atoms with Crippen molar-refractivity contribution in [2.24, 2.45) is 4.99 Å². The number of amides is 1. The molecule has 0 aliphatic carbocycles. The van der Waals surface area contributed by atoms with Crippen LogP contribution in [0.2, 0.25) is 5.02 Å². The van der Waals surface area contributed by atoms with Gasteiger partial charge in [0.1, 0.15) is 0 Å². The van der Waals surface area contributed by atoms with Gasteiger partial charge in [0.25, 0.3) is 5.91 Å². The summed E-state index contributed by atoms with van der Waals surface area (Å²) in [4.78, 5) is 18.2. The van der Waals surface area contributed by atoms with Crippen molar-refractivity contribution in [1.82, 2.24) is 4.98 Å². The monoisotopic (exact) mass is 424 g/mol. The molecule has 0 atom stereocenters. The topological polar surface area (TPSA) is 45.2 Å². The lowest BCUT2D eigenvalue weighted by Gasteiger charge is -2.06. The molecule has 3 aromatic rings. The molecule has 0 bridgehead atoms. The first-order chi connectivity index (χ1) is 12.4. The van der Waals surface area contributed by atoms with E-state index in [0.29, 0.717) is 6.07 Å². The number of benzene rings is 2. The fourth-order valence-corrected chi connectivity index (χ4v) is 3.42. The largest absolute Gasteiger partial charge is 0.416 e. The Kier molecular flexibility index (Phi) is 4.81. The molecule has 2 aromatic carbocycles. The highest BCUT2D eigenvalue weighted by Gasteiger charge is 2.32. The molecule has 142 valence electrons. The first kappa shape index (κ1) is 19.4. The second-order valence-electron chi connectivity index (χ2n) is 5.36. The van der Waals surface area contributed by atoms with Gasteiger partial charge in [-0.05, 0) is 30.3 Å². The molecular weight excluding hydrogens is 418 g/mol. The predicted octanol–water partition coefficient (Wildman–Crippen LogP) is 5.66. The fourth-order valence-electron chi connectivity index (χ4n) is 2.23. The number of alkyl halides is 6. The predicted molar refractivity (Wildman–Crippen MR) is 87.5 cm³/mol. The smallest absolute Gasteiger partial charge is 0.330 e. The lowest BCUT2D eigenvalue weighted by Crippen LogP contribution is -2.09. The van der Waals surface area contributed by atoms with Crippen LogP contribution < -0.4 is 4.80 Å². The van der Waals surface area contributed by atoms with E-state index in [9.17, 15) is 31.1 Å². The highest BCUT2D eigenvalue weighted by molar-refractivity contribution is 7.17. The number of carbonyl (C=O) groups excluding carboxylic acids is 1. The Morgan fingerprint density at radius 3 is 2.30 bits per heavy atom. The van der Waals surface area contributed by atoms with Gasteiger partial charge in [-0.1, -0.05) is 29.0 Å². The molecular formula is C16H7ClF6N2OS. The number of nitrogens with one attached hydrogen (secondary N) is 1. The van der Waals surface area contributed by atoms with E-state index in [1.54, 1.807) is 0 Å². The normalized spacial score (nSPS) is 13.4. The molecule has 0 saturated heterocycles. The van der Waals surface area contributed by atoms with Crippen molar-refractivity contribution in [1.29, 1.82) is 0 Å². The summed E-state index contributed by atoms with van der Waals surface area (Å²) >= 11 is 6.66. The Morgan fingerprint density at radius 1 is 1.00 bits per heavy atom. The van der Waals surface area contributed by atoms with Crippen LogP contribution in [0, 0.1) is 0 Å². The number of carbonyl (C=O) groups is 1. The Labute approximate surface area is 155 Å². The SMILES string of the molecule is O=C(/N=c1/[nH]c2cc(C(F)(F)F)cc(Cl)c2s1)c1cccc(C(F)(F)F)c1. The Hall–Kier alpha value is -2.33. The molecule has 1 amide bonds. The van der Waals surface area contributed by atoms with Crippen LogP contribution in [-0.4, -0.2) is 10.9 Å². The maximum absolute atomic E-state index is 12.8. The summed E-state index contributed by atoms with van der Waals surface area (Å²) in [5.41, 5.74) is -2.29. The Balaban J connectivity index is 2.04. The first-order valence-corrected chi connectivity index (χ1v) is 8.30. The third-order valence-electron chi connectivity index (χ3n) is 3.45. The number of H-pyrrole nitrogens is 1. The maximum atomic E-state index is 12.8. The van der Waals surface area contributed by atoms with E-state index >= 15 is 0 Å². The van der Waals surface area contributed by atoms with Gasteiger partial charge in [-0.25, -0.2) is 0 Å². The zero-order valence-electron chi connectivity index (χ0n) is 12.9. The lowest BCUT2D eigenvalue weighted by molar-refractivity contribution is -0.138. The van der Waals surface area contributed by atoms with E-state index in [1.165, 1.54) is 0 Å². The number of aromatic amines is 1. The van der Waals surface area contributed by atoms with Crippen LogP contribution in [0.15, 0.2) is 41.4 Å². The number of fused-ring (bicyclic) bond motifs is 1. The first-order valence-electron chi connectivity index (χ1n) is 7.11. The van der Waals surface area contributed by atoms with Gasteiger partial charge in [0.05, 0.1) is 26.4 Å². The van der Waals surface area contributed by atoms with Crippen LogP contribution in [0.4, 0.5) is 26.3 Å². The number of thiazole rings is 1. The highest BCUT2D eigenvalue weighted by atomic mass is 35.5. The minimum Gasteiger partial charge on any atom is -0.330 e. The summed E-state index contributed by atoms with van der Waals surface area (Å²) in [6.07, 6.45) is -9.24. The van der Waals surface area contributed by atoms with Crippen LogP contribution in [0.5, 0.6) is 0 Å². The molecule has 1 N–H and O–H groups in total. The van der Waals surface area contributed by atoms with Gasteiger partial charge >= 0.3 is 12.4 Å². The molecule has 0 fully saturated rings. The van der Waals surface area contributed by atoms with Crippen LogP contribution in [0.1, 0.15) is 21.5 Å². The van der Waals surface area contributed by atoms with Crippen molar-refractivity contribution in [2.45, 2.75) is 12.4 Å². The average molecular weight is 425 g/mol. The summed E-state index contributed by atoms with van der Waals surface area (Å²) in [5, 5.41) is -0.186. The number of nitrogens with zero attached hydrogens (tertiary/aromatic N) is 1. The van der Waals surface area contributed by atoms with E-state index in [4.69, 9.17) is 11.6 Å². The summed E-state index contributed by atoms with van der Waals surface area (Å²) < 4.78 is 76.9. The third kappa shape index (κ3) is 4.16. The maximum Gasteiger partial charge on any atom is 0.416 e. The quantitative estimate of drug-likeness (QED) is 0.503. The van der Waals surface area contributed by atoms with Gasteiger partial charge in [0.2, 0.25) is 0 Å². The minimum atomic E-state index is -4.62. The van der Waals surface area contributed by atoms with Crippen LogP contribution >= 0.6 is 22.9 Å². The van der Waals surface area contributed by atoms with Crippen molar-refractivity contribution < 1.29 is 31.1 Å². The van der Waals surface area contributed by atoms with Gasteiger partial charge < -0.3 is 4.98 Å². The summed E-state index contributed by atoms with van der Waals surface area (Å²) in [5.74, 6) is -0.976. The molecule has 0 aliphatic heterocycles. The number of rotatable bonds is 1. The summed E-state index contributed by atoms with van der Waals surface area (Å²) in [6.45, 7) is 0. The van der Waals surface area contributed by atoms with Crippen LogP contribution in [0.3, 0.4) is 0 Å². The molecule has 0 radical (unpaired) electrons. The molecule has 11 heteroatoms. The van der Waals surface area contributed by atoms with Gasteiger partial charge in [0, 0.05) is 5.56 Å². The van der Waals surface area contributed by atoms with E-state index in [0.717, 1.165) is 41.7 Å². The van der Waals surface area contributed by atoms with Crippen molar-refractivity contribution in [3.05, 3.63) is 62.9 Å². The molecule has 27 heavy (non-hydrogen) atoms. The van der Waals surface area contributed by atoms with E-state index in [-0.39, 0.29) is 25.6 Å². The van der Waals surface area contributed by atoms with E-state index in [2.05, 4.69) is 9.98 Å². The minimum absolute atomic E-state index is 0.00965. The lowest BCUT2D eigenvalue weighted by atomic mass is 10.1. The van der Waals surface area contributed by atoms with Crippen LogP contribution in [-0.2, 0) is 12.4 Å². The van der Waals surface area contributed by atoms with Crippen molar-refractivity contribution >= 4 is 39.1 Å². The zero-order valence-corrected chi connectivity index (χ0v) is 14.4. The van der Waals surface area contributed by atoms with Crippen molar-refractivity contribution in [3.63, 3.8) is 0 Å². The van der Waals surface area contributed by atoms with Crippen molar-refractivity contribution in [3.8, 4) is 0 Å². The average Bonchev–Trinajstić information content (AvgIpc) is 2.96. The summed E-state index contributed by atoms with van der Waals surface area (Å²) in [7, 11) is 0. The standard InChI is InChI=1S/C16H7ClF6N2OS/c17-10-5-9(16(21,22)23)6-11-12(10)27-14(24-11)25-13(26)7-2-1-3-8(4-7)15(18,19)20/h1-6H,(H,24,25,26). The molecule has 1 heterocycles. The fraction of sp³-hybridized carbons (Fsp3) is 0.125. The molecule has 1 aromatic heterocycles. The molecule has 3 rings (SSSR count). The second kappa shape index (κ2) is 6.68. The Morgan fingerprint density at radius 2 is 1.67 bits per heavy atom. The number of halogens is 7. The summed E-state index contributed by atoms with van der Waals surface area (Å²) in [6, 6.07) is 5.22. The Bertz CT molecular complexity index is 1100. The van der Waals surface area contributed by atoms with Gasteiger partial charge in [-0.2, -0.15) is 31.3 Å². The van der Waals surface area contributed by atoms with Crippen molar-refractivity contribution in [2.75, 3.05) is 0 Å². The number of hydrogen-bond acceptors (Lipinski definition) is 2. The molecule has 3 nitrogen and oxygen atoms in total. The second-order valence-corrected chi connectivity index (χ2v) is 6.77. The van der Waals surface area contributed by atoms with E-state index < -0.39 is 29.4 Å². The third-order valence-corrected chi connectivity index (χ3v) is 4.89. The highest BCUT2D eigenvalue weighted by Crippen LogP contribution is 2.35. The number of hydrogen-bond donors (Lipinski definition) is 1. The molecule has 0 saturated carbocycles. The molecule has 0 unspecified atom stereocenters. The number of aromatic nitrogens is 1. The van der Waals surface area contributed by atoms with Gasteiger partial charge in [0.15, 0.2) is 4.80 Å². The zero-order chi connectivity index (χ0) is 20.0.